The number of hydrogen-bond donors (Lipinski definition) is 0. The second-order valence-electron chi connectivity index (χ2n) is 5.19. The van der Waals surface area contributed by atoms with Crippen LogP contribution in [0.5, 0.6) is 0 Å². The molecule has 1 aromatic heterocycles. The van der Waals surface area contributed by atoms with Gasteiger partial charge in [-0.3, -0.25) is 4.79 Å². The summed E-state index contributed by atoms with van der Waals surface area (Å²) in [6.45, 7) is 4.00. The molecular formula is C15H19N3O2. The van der Waals surface area contributed by atoms with Gasteiger partial charge in [-0.15, -0.1) is 0 Å². The van der Waals surface area contributed by atoms with Crippen molar-refractivity contribution in [3.05, 3.63) is 30.1 Å². The highest BCUT2D eigenvalue weighted by atomic mass is 16.5. The SMILES string of the molecule is CCC1COCCN1C(=O)c1ccc2c(c1)ncn2C. The average Bonchev–Trinajstić information content (AvgIpc) is 2.87. The molecule has 1 fully saturated rings. The third-order valence-corrected chi connectivity index (χ3v) is 3.93. The molecule has 0 spiro atoms. The van der Waals surface area contributed by atoms with Gasteiger partial charge in [-0.05, 0) is 24.6 Å². The molecule has 1 atom stereocenters. The number of carbonyl (C=O) groups is 1. The van der Waals surface area contributed by atoms with Crippen LogP contribution in [-0.4, -0.2) is 46.2 Å². The minimum Gasteiger partial charge on any atom is -0.377 e. The van der Waals surface area contributed by atoms with Crippen LogP contribution in [0.2, 0.25) is 0 Å². The summed E-state index contributed by atoms with van der Waals surface area (Å²) in [4.78, 5) is 18.9. The number of hydrogen-bond acceptors (Lipinski definition) is 3. The molecule has 3 rings (SSSR count). The van der Waals surface area contributed by atoms with E-state index in [-0.39, 0.29) is 11.9 Å². The number of aromatic nitrogens is 2. The Balaban J connectivity index is 1.91. The molecule has 106 valence electrons. The van der Waals surface area contributed by atoms with E-state index in [1.807, 2.05) is 34.7 Å². The molecular weight excluding hydrogens is 254 g/mol. The lowest BCUT2D eigenvalue weighted by molar-refractivity contribution is -0.00279. The smallest absolute Gasteiger partial charge is 0.254 e. The van der Waals surface area contributed by atoms with Crippen molar-refractivity contribution in [2.24, 2.45) is 7.05 Å². The van der Waals surface area contributed by atoms with E-state index < -0.39 is 0 Å². The summed E-state index contributed by atoms with van der Waals surface area (Å²) in [7, 11) is 1.95. The third kappa shape index (κ3) is 2.18. The molecule has 1 aliphatic heterocycles. The number of imidazole rings is 1. The largest absolute Gasteiger partial charge is 0.377 e. The van der Waals surface area contributed by atoms with Crippen molar-refractivity contribution < 1.29 is 9.53 Å². The maximum absolute atomic E-state index is 12.7. The molecule has 1 amide bonds. The van der Waals surface area contributed by atoms with Crippen molar-refractivity contribution in [3.63, 3.8) is 0 Å². The van der Waals surface area contributed by atoms with E-state index in [9.17, 15) is 4.79 Å². The average molecular weight is 273 g/mol. The van der Waals surface area contributed by atoms with E-state index in [0.717, 1.165) is 17.5 Å². The van der Waals surface area contributed by atoms with Gasteiger partial charge in [0.1, 0.15) is 0 Å². The summed E-state index contributed by atoms with van der Waals surface area (Å²) in [6, 6.07) is 5.89. The van der Waals surface area contributed by atoms with Crippen LogP contribution in [-0.2, 0) is 11.8 Å². The van der Waals surface area contributed by atoms with Gasteiger partial charge in [0.2, 0.25) is 0 Å². The lowest BCUT2D eigenvalue weighted by Crippen LogP contribution is -2.48. The third-order valence-electron chi connectivity index (χ3n) is 3.93. The number of amides is 1. The molecule has 1 aliphatic rings. The second kappa shape index (κ2) is 5.25. The number of benzene rings is 1. The van der Waals surface area contributed by atoms with E-state index >= 15 is 0 Å². The van der Waals surface area contributed by atoms with Crippen LogP contribution in [0.4, 0.5) is 0 Å². The topological polar surface area (TPSA) is 47.4 Å². The molecule has 1 aromatic carbocycles. The van der Waals surface area contributed by atoms with Gasteiger partial charge in [0.05, 0.1) is 36.6 Å². The molecule has 0 aliphatic carbocycles. The summed E-state index contributed by atoms with van der Waals surface area (Å²) in [5.41, 5.74) is 2.60. The quantitative estimate of drug-likeness (QED) is 0.838. The van der Waals surface area contributed by atoms with Gasteiger partial charge >= 0.3 is 0 Å². The van der Waals surface area contributed by atoms with Crippen molar-refractivity contribution in [3.8, 4) is 0 Å². The maximum atomic E-state index is 12.7. The Labute approximate surface area is 118 Å². The number of nitrogens with zero attached hydrogens (tertiary/aromatic N) is 3. The number of rotatable bonds is 2. The van der Waals surface area contributed by atoms with Crippen molar-refractivity contribution >= 4 is 16.9 Å². The highest BCUT2D eigenvalue weighted by molar-refractivity contribution is 5.97. The summed E-state index contributed by atoms with van der Waals surface area (Å²) < 4.78 is 7.40. The Morgan fingerprint density at radius 3 is 3.15 bits per heavy atom. The normalized spacial score (nSPS) is 19.5. The predicted octanol–water partition coefficient (Wildman–Crippen LogP) is 1.82. The second-order valence-corrected chi connectivity index (χ2v) is 5.19. The van der Waals surface area contributed by atoms with Crippen LogP contribution >= 0.6 is 0 Å². The standard InChI is InChI=1S/C15H19N3O2/c1-3-12-9-20-7-6-18(12)15(19)11-4-5-14-13(8-11)16-10-17(14)2/h4-5,8,10,12H,3,6-7,9H2,1-2H3. The van der Waals surface area contributed by atoms with Crippen LogP contribution in [0.25, 0.3) is 11.0 Å². The first kappa shape index (κ1) is 13.1. The van der Waals surface area contributed by atoms with E-state index in [1.165, 1.54) is 0 Å². The fourth-order valence-electron chi connectivity index (χ4n) is 2.70. The van der Waals surface area contributed by atoms with Gasteiger partial charge in [-0.2, -0.15) is 0 Å². The molecule has 2 heterocycles. The highest BCUT2D eigenvalue weighted by Crippen LogP contribution is 2.18. The summed E-state index contributed by atoms with van der Waals surface area (Å²) in [5, 5.41) is 0. The summed E-state index contributed by atoms with van der Waals surface area (Å²) in [5.74, 6) is 0.0766. The minimum absolute atomic E-state index is 0.0766. The molecule has 1 unspecified atom stereocenters. The molecule has 1 saturated heterocycles. The van der Waals surface area contributed by atoms with Gasteiger partial charge in [-0.25, -0.2) is 4.98 Å². The number of carbonyl (C=O) groups excluding carboxylic acids is 1. The van der Waals surface area contributed by atoms with Crippen molar-refractivity contribution in [1.29, 1.82) is 0 Å². The summed E-state index contributed by atoms with van der Waals surface area (Å²) in [6.07, 6.45) is 2.68. The van der Waals surface area contributed by atoms with Gasteiger partial charge in [0.25, 0.3) is 5.91 Å². The van der Waals surface area contributed by atoms with Crippen LogP contribution in [0.1, 0.15) is 23.7 Å². The molecule has 5 nitrogen and oxygen atoms in total. The highest BCUT2D eigenvalue weighted by Gasteiger charge is 2.26. The Kier molecular flexibility index (Phi) is 3.44. The van der Waals surface area contributed by atoms with E-state index in [0.29, 0.717) is 25.3 Å². The Hall–Kier alpha value is -1.88. The Morgan fingerprint density at radius 1 is 1.50 bits per heavy atom. The predicted molar refractivity (Wildman–Crippen MR) is 76.6 cm³/mol. The molecule has 5 heteroatoms. The van der Waals surface area contributed by atoms with Crippen molar-refractivity contribution in [2.45, 2.75) is 19.4 Å². The van der Waals surface area contributed by atoms with Gasteiger partial charge in [0.15, 0.2) is 0 Å². The van der Waals surface area contributed by atoms with E-state index in [1.54, 1.807) is 6.33 Å². The monoisotopic (exact) mass is 273 g/mol. The van der Waals surface area contributed by atoms with Gasteiger partial charge < -0.3 is 14.2 Å². The zero-order valence-electron chi connectivity index (χ0n) is 11.9. The Bertz CT molecular complexity index is 635. The van der Waals surface area contributed by atoms with Crippen LogP contribution in [0, 0.1) is 0 Å². The molecule has 20 heavy (non-hydrogen) atoms. The number of aryl methyl sites for hydroxylation is 1. The molecule has 0 saturated carbocycles. The lowest BCUT2D eigenvalue weighted by atomic mass is 10.1. The lowest BCUT2D eigenvalue weighted by Gasteiger charge is -2.35. The number of fused-ring (bicyclic) bond motifs is 1. The minimum atomic E-state index is 0.0766. The zero-order valence-corrected chi connectivity index (χ0v) is 11.9. The summed E-state index contributed by atoms with van der Waals surface area (Å²) >= 11 is 0. The molecule has 0 radical (unpaired) electrons. The van der Waals surface area contributed by atoms with E-state index in [2.05, 4.69) is 11.9 Å². The van der Waals surface area contributed by atoms with Crippen LogP contribution < -0.4 is 0 Å². The van der Waals surface area contributed by atoms with Crippen LogP contribution in [0.15, 0.2) is 24.5 Å². The fraction of sp³-hybridized carbons (Fsp3) is 0.467. The van der Waals surface area contributed by atoms with Crippen molar-refractivity contribution in [1.82, 2.24) is 14.5 Å². The first-order chi connectivity index (χ1) is 9.70. The fourth-order valence-corrected chi connectivity index (χ4v) is 2.70. The maximum Gasteiger partial charge on any atom is 0.254 e. The number of ether oxygens (including phenoxy) is 1. The molecule has 0 bridgehead atoms. The zero-order chi connectivity index (χ0) is 14.1. The molecule has 2 aromatic rings. The first-order valence-electron chi connectivity index (χ1n) is 7.00. The Morgan fingerprint density at radius 2 is 2.35 bits per heavy atom. The van der Waals surface area contributed by atoms with Crippen molar-refractivity contribution in [2.75, 3.05) is 19.8 Å². The first-order valence-corrected chi connectivity index (χ1v) is 7.00. The van der Waals surface area contributed by atoms with E-state index in [4.69, 9.17) is 4.74 Å². The van der Waals surface area contributed by atoms with Gasteiger partial charge in [-0.1, -0.05) is 6.92 Å². The number of morpholine rings is 1. The van der Waals surface area contributed by atoms with Crippen LogP contribution in [0.3, 0.4) is 0 Å². The molecule has 0 N–H and O–H groups in total. The van der Waals surface area contributed by atoms with Gasteiger partial charge in [0, 0.05) is 19.2 Å².